The van der Waals surface area contributed by atoms with Crippen LogP contribution in [0.3, 0.4) is 0 Å². The van der Waals surface area contributed by atoms with Crippen molar-refractivity contribution in [1.82, 2.24) is 0 Å². The molecule has 0 heterocycles. The zero-order valence-corrected chi connectivity index (χ0v) is 10.7. The second-order valence-electron chi connectivity index (χ2n) is 3.50. The lowest BCUT2D eigenvalue weighted by Gasteiger charge is -2.13. The fourth-order valence-electron chi connectivity index (χ4n) is 1.80. The van der Waals surface area contributed by atoms with Gasteiger partial charge in [0.15, 0.2) is 11.5 Å². The largest absolute Gasteiger partial charge is 0.496 e. The third kappa shape index (κ3) is 2.19. The first-order chi connectivity index (χ1) is 8.67. The van der Waals surface area contributed by atoms with E-state index in [1.54, 1.807) is 19.2 Å². The molecule has 0 N–H and O–H groups in total. The summed E-state index contributed by atoms with van der Waals surface area (Å²) in [6.45, 7) is 0. The zero-order valence-electron chi connectivity index (χ0n) is 9.90. The molecule has 0 aliphatic carbocycles. The Morgan fingerprint density at radius 2 is 1.67 bits per heavy atom. The Kier molecular flexibility index (Phi) is 3.58. The molecule has 2 rings (SSSR count). The van der Waals surface area contributed by atoms with E-state index >= 15 is 0 Å². The topological polar surface area (TPSA) is 44.8 Å². The average molecular weight is 267 g/mol. The number of fused-ring (bicyclic) bond motifs is 1. The number of methoxy groups -OCH3 is 2. The van der Waals surface area contributed by atoms with Gasteiger partial charge in [0, 0.05) is 28.4 Å². The highest BCUT2D eigenvalue weighted by molar-refractivity contribution is 6.61. The fourth-order valence-corrected chi connectivity index (χ4v) is 1.87. The van der Waals surface area contributed by atoms with Crippen molar-refractivity contribution in [3.05, 3.63) is 30.3 Å². The van der Waals surface area contributed by atoms with Gasteiger partial charge in [-0.1, -0.05) is 24.3 Å². The Morgan fingerprint density at radius 3 is 2.22 bits per heavy atom. The van der Waals surface area contributed by atoms with Gasteiger partial charge in [-0.15, -0.1) is 0 Å². The molecule has 94 valence electrons. The molecule has 0 atom stereocenters. The molecule has 0 aliphatic heterocycles. The molecule has 0 aromatic heterocycles. The summed E-state index contributed by atoms with van der Waals surface area (Å²) in [4.78, 5) is 10.9. The molecule has 0 unspecified atom stereocenters. The maximum atomic E-state index is 10.9. The highest BCUT2D eigenvalue weighted by Gasteiger charge is 2.16. The van der Waals surface area contributed by atoms with Crippen LogP contribution in [0.1, 0.15) is 0 Å². The molecule has 4 nitrogen and oxygen atoms in total. The average Bonchev–Trinajstić information content (AvgIpc) is 2.38. The van der Waals surface area contributed by atoms with Gasteiger partial charge in [0.1, 0.15) is 5.75 Å². The highest BCUT2D eigenvalue weighted by Crippen LogP contribution is 2.41. The smallest absolute Gasteiger partial charge is 0.409 e. The van der Waals surface area contributed by atoms with Gasteiger partial charge in [-0.05, 0) is 0 Å². The Balaban J connectivity index is 2.76. The van der Waals surface area contributed by atoms with E-state index in [1.165, 1.54) is 7.11 Å². The minimum Gasteiger partial charge on any atom is -0.496 e. The number of ether oxygens (including phenoxy) is 3. The molecule has 0 saturated carbocycles. The Labute approximate surface area is 109 Å². The van der Waals surface area contributed by atoms with Crippen LogP contribution in [0.15, 0.2) is 30.3 Å². The van der Waals surface area contributed by atoms with Gasteiger partial charge in [-0.2, -0.15) is 0 Å². The van der Waals surface area contributed by atoms with Crippen molar-refractivity contribution in [2.45, 2.75) is 0 Å². The summed E-state index contributed by atoms with van der Waals surface area (Å²) in [6, 6.07) is 9.00. The van der Waals surface area contributed by atoms with Crippen molar-refractivity contribution in [1.29, 1.82) is 0 Å². The van der Waals surface area contributed by atoms with E-state index in [0.717, 1.165) is 5.39 Å². The number of carbonyl (C=O) groups excluding carboxylic acids is 1. The predicted molar refractivity (Wildman–Crippen MR) is 68.9 cm³/mol. The van der Waals surface area contributed by atoms with E-state index < -0.39 is 5.43 Å². The standard InChI is InChI=1S/C13H11ClO4/c1-16-10-7-11(17-2)12(18-13(14)15)9-6-4-3-5-8(9)10/h3-7H,1-2H3. The maximum Gasteiger partial charge on any atom is 0.409 e. The van der Waals surface area contributed by atoms with Crippen molar-refractivity contribution in [2.24, 2.45) is 0 Å². The van der Waals surface area contributed by atoms with Crippen LogP contribution in [0.25, 0.3) is 10.8 Å². The van der Waals surface area contributed by atoms with Crippen molar-refractivity contribution in [3.63, 3.8) is 0 Å². The molecule has 0 amide bonds. The van der Waals surface area contributed by atoms with Gasteiger partial charge in [0.2, 0.25) is 0 Å². The van der Waals surface area contributed by atoms with Gasteiger partial charge in [0.05, 0.1) is 14.2 Å². The fraction of sp³-hybridized carbons (Fsp3) is 0.154. The molecule has 0 radical (unpaired) electrons. The Bertz CT molecular complexity index is 595. The van der Waals surface area contributed by atoms with Crippen LogP contribution < -0.4 is 14.2 Å². The second-order valence-corrected chi connectivity index (χ2v) is 3.80. The summed E-state index contributed by atoms with van der Waals surface area (Å²) in [5.41, 5.74) is -0.913. The predicted octanol–water partition coefficient (Wildman–Crippen LogP) is 3.59. The zero-order chi connectivity index (χ0) is 13.1. The van der Waals surface area contributed by atoms with Gasteiger partial charge in [-0.3, -0.25) is 0 Å². The number of hydrogen-bond donors (Lipinski definition) is 0. The summed E-state index contributed by atoms with van der Waals surface area (Å²) in [6.07, 6.45) is 0. The molecule has 0 bridgehead atoms. The molecule has 18 heavy (non-hydrogen) atoms. The van der Waals surface area contributed by atoms with E-state index in [2.05, 4.69) is 0 Å². The molecule has 2 aromatic rings. The first kappa shape index (κ1) is 12.5. The van der Waals surface area contributed by atoms with Crippen LogP contribution in [-0.2, 0) is 0 Å². The van der Waals surface area contributed by atoms with Gasteiger partial charge in [-0.25, -0.2) is 4.79 Å². The number of halogens is 1. The van der Waals surface area contributed by atoms with Crippen LogP contribution >= 0.6 is 11.6 Å². The Morgan fingerprint density at radius 1 is 1.06 bits per heavy atom. The minimum atomic E-state index is -0.913. The van der Waals surface area contributed by atoms with Crippen molar-refractivity contribution in [3.8, 4) is 17.2 Å². The van der Waals surface area contributed by atoms with Crippen LogP contribution in [0.2, 0.25) is 0 Å². The van der Waals surface area contributed by atoms with Crippen molar-refractivity contribution < 1.29 is 19.0 Å². The minimum absolute atomic E-state index is 0.286. The van der Waals surface area contributed by atoms with Gasteiger partial charge >= 0.3 is 5.43 Å². The first-order valence-electron chi connectivity index (χ1n) is 5.18. The second kappa shape index (κ2) is 5.14. The van der Waals surface area contributed by atoms with Gasteiger partial charge in [0.25, 0.3) is 0 Å². The van der Waals surface area contributed by atoms with Crippen molar-refractivity contribution >= 4 is 27.8 Å². The lowest BCUT2D eigenvalue weighted by atomic mass is 10.1. The first-order valence-corrected chi connectivity index (χ1v) is 5.56. The SMILES string of the molecule is COc1cc(OC)c2ccccc2c1OC(=O)Cl. The number of hydrogen-bond acceptors (Lipinski definition) is 4. The van der Waals surface area contributed by atoms with Crippen LogP contribution in [-0.4, -0.2) is 19.6 Å². The summed E-state index contributed by atoms with van der Waals surface area (Å²) >= 11 is 5.27. The van der Waals surface area contributed by atoms with E-state index in [4.69, 9.17) is 25.8 Å². The van der Waals surface area contributed by atoms with Gasteiger partial charge < -0.3 is 14.2 Å². The Hall–Kier alpha value is -1.94. The lowest BCUT2D eigenvalue weighted by Crippen LogP contribution is -2.00. The molecule has 0 saturated heterocycles. The number of carbonyl (C=O) groups is 1. The molecule has 5 heteroatoms. The van der Waals surface area contributed by atoms with E-state index in [9.17, 15) is 4.79 Å². The summed E-state index contributed by atoms with van der Waals surface area (Å²) in [5.74, 6) is 1.31. The number of benzene rings is 2. The molecule has 0 fully saturated rings. The molecular weight excluding hydrogens is 256 g/mol. The monoisotopic (exact) mass is 266 g/mol. The maximum absolute atomic E-state index is 10.9. The quantitative estimate of drug-likeness (QED) is 0.797. The normalized spacial score (nSPS) is 10.2. The van der Waals surface area contributed by atoms with Crippen molar-refractivity contribution in [2.75, 3.05) is 14.2 Å². The molecule has 2 aromatic carbocycles. The van der Waals surface area contributed by atoms with Crippen LogP contribution in [0.4, 0.5) is 4.79 Å². The summed E-state index contributed by atoms with van der Waals surface area (Å²) < 4.78 is 15.5. The highest BCUT2D eigenvalue weighted by atomic mass is 35.5. The van der Waals surface area contributed by atoms with Crippen LogP contribution in [0.5, 0.6) is 17.2 Å². The number of rotatable bonds is 3. The van der Waals surface area contributed by atoms with E-state index in [1.807, 2.05) is 18.2 Å². The molecule has 0 spiro atoms. The third-order valence-corrected chi connectivity index (χ3v) is 2.62. The molecular formula is C13H11ClO4. The van der Waals surface area contributed by atoms with Crippen LogP contribution in [0, 0.1) is 0 Å². The summed E-state index contributed by atoms with van der Waals surface area (Å²) in [5, 5.41) is 1.51. The summed E-state index contributed by atoms with van der Waals surface area (Å²) in [7, 11) is 3.05. The molecule has 0 aliphatic rings. The van der Waals surface area contributed by atoms with E-state index in [0.29, 0.717) is 16.9 Å². The third-order valence-electron chi connectivity index (χ3n) is 2.55. The van der Waals surface area contributed by atoms with E-state index in [-0.39, 0.29) is 5.75 Å². The lowest BCUT2D eigenvalue weighted by molar-refractivity contribution is 0.224.